The molecule has 4 aliphatic rings. The molecule has 12 nitrogen and oxygen atoms in total. The van der Waals surface area contributed by atoms with Gasteiger partial charge in [0, 0.05) is 56.8 Å². The quantitative estimate of drug-likeness (QED) is 0.381. The summed E-state index contributed by atoms with van der Waals surface area (Å²) in [5, 5.41) is 11.8. The van der Waals surface area contributed by atoms with Gasteiger partial charge in [-0.05, 0) is 57.4 Å². The van der Waals surface area contributed by atoms with Gasteiger partial charge in [0.25, 0.3) is 0 Å². The molecule has 2 saturated carbocycles. The van der Waals surface area contributed by atoms with Gasteiger partial charge < -0.3 is 29.4 Å². The third kappa shape index (κ3) is 5.71. The van der Waals surface area contributed by atoms with E-state index in [4.69, 9.17) is 24.2 Å². The molecule has 0 radical (unpaired) electrons. The fourth-order valence-electron chi connectivity index (χ4n) is 7.11. The maximum Gasteiger partial charge on any atom is 0.308 e. The summed E-state index contributed by atoms with van der Waals surface area (Å²) in [7, 11) is 1.46. The standard InChI is InChI=1S/C30H42N8O4/c1-40-29(39)20-16-25(17-20)37-9-6-26-27(37)28(32-21-2-4-23(5-3-21)36-10-14-42-15-11-36)35-30(34-26)33-22-18-31-38(19-22)24-7-12-41-13-8-24/h6,9,18-21,23-25H,2-5,7-8,10-17H2,1H3,(H2,32,33,34,35). The largest absolute Gasteiger partial charge is 0.469 e. The molecule has 2 N–H and O–H groups in total. The van der Waals surface area contributed by atoms with Crippen LogP contribution in [0.3, 0.4) is 0 Å². The molecule has 2 saturated heterocycles. The van der Waals surface area contributed by atoms with Crippen molar-refractivity contribution >= 4 is 34.5 Å². The number of hydrogen-bond acceptors (Lipinski definition) is 10. The minimum atomic E-state index is -0.123. The monoisotopic (exact) mass is 578 g/mol. The predicted molar refractivity (Wildman–Crippen MR) is 158 cm³/mol. The van der Waals surface area contributed by atoms with Crippen molar-refractivity contribution in [2.75, 3.05) is 57.3 Å². The van der Waals surface area contributed by atoms with Crippen molar-refractivity contribution in [3.8, 4) is 0 Å². The molecular formula is C30H42N8O4. The lowest BCUT2D eigenvalue weighted by molar-refractivity contribution is -0.149. The molecule has 0 atom stereocenters. The number of methoxy groups -OCH3 is 1. The van der Waals surface area contributed by atoms with Gasteiger partial charge in [-0.3, -0.25) is 14.4 Å². The predicted octanol–water partition coefficient (Wildman–Crippen LogP) is 3.90. The Kier molecular flexibility index (Phi) is 8.00. The zero-order chi connectivity index (χ0) is 28.5. The van der Waals surface area contributed by atoms with E-state index >= 15 is 0 Å². The fourth-order valence-corrected chi connectivity index (χ4v) is 7.11. The number of ether oxygens (including phenoxy) is 3. The van der Waals surface area contributed by atoms with Crippen LogP contribution in [0.4, 0.5) is 17.5 Å². The van der Waals surface area contributed by atoms with Crippen LogP contribution >= 0.6 is 0 Å². The minimum absolute atomic E-state index is 0.0431. The second kappa shape index (κ2) is 12.2. The fraction of sp³-hybridized carbons (Fsp3) is 0.667. The summed E-state index contributed by atoms with van der Waals surface area (Å²) in [4.78, 5) is 24.6. The first-order valence-corrected chi connectivity index (χ1v) is 15.6. The van der Waals surface area contributed by atoms with Crippen LogP contribution < -0.4 is 10.6 Å². The van der Waals surface area contributed by atoms with E-state index in [1.54, 1.807) is 0 Å². The van der Waals surface area contributed by atoms with E-state index in [2.05, 4.69) is 37.5 Å². The number of carbonyl (C=O) groups is 1. The number of esters is 1. The Morgan fingerprint density at radius 3 is 2.48 bits per heavy atom. The van der Waals surface area contributed by atoms with Gasteiger partial charge >= 0.3 is 5.97 Å². The number of rotatable bonds is 8. The Labute approximate surface area is 246 Å². The van der Waals surface area contributed by atoms with Crippen LogP contribution in [0.15, 0.2) is 24.7 Å². The van der Waals surface area contributed by atoms with Gasteiger partial charge in [-0.1, -0.05) is 0 Å². The summed E-state index contributed by atoms with van der Waals surface area (Å²) in [5.41, 5.74) is 2.76. The van der Waals surface area contributed by atoms with Crippen LogP contribution in [0.5, 0.6) is 0 Å². The van der Waals surface area contributed by atoms with E-state index < -0.39 is 0 Å². The molecular weight excluding hydrogens is 536 g/mol. The Bertz CT molecular complexity index is 1360. The van der Waals surface area contributed by atoms with Gasteiger partial charge in [-0.15, -0.1) is 0 Å². The Morgan fingerprint density at radius 1 is 0.952 bits per heavy atom. The molecule has 3 aromatic rings. The number of nitrogens with zero attached hydrogens (tertiary/aromatic N) is 6. The number of carbonyl (C=O) groups excluding carboxylic acids is 1. The van der Waals surface area contributed by atoms with Gasteiger partial charge in [-0.2, -0.15) is 10.1 Å². The molecule has 2 aliphatic carbocycles. The van der Waals surface area contributed by atoms with Gasteiger partial charge in [0.2, 0.25) is 5.95 Å². The third-order valence-electron chi connectivity index (χ3n) is 9.63. The van der Waals surface area contributed by atoms with Crippen molar-refractivity contribution in [1.82, 2.24) is 29.2 Å². The average Bonchev–Trinajstić information content (AvgIpc) is 3.65. The topological polar surface area (TPSA) is 121 Å². The third-order valence-corrected chi connectivity index (χ3v) is 9.63. The Balaban J connectivity index is 1.11. The highest BCUT2D eigenvalue weighted by Gasteiger charge is 2.37. The van der Waals surface area contributed by atoms with Crippen LogP contribution in [-0.2, 0) is 19.0 Å². The smallest absolute Gasteiger partial charge is 0.308 e. The normalized spacial score (nSPS) is 27.5. The zero-order valence-electron chi connectivity index (χ0n) is 24.4. The maximum atomic E-state index is 12.1. The van der Waals surface area contributed by atoms with E-state index in [9.17, 15) is 4.79 Å². The molecule has 0 amide bonds. The molecule has 0 bridgehead atoms. The van der Waals surface area contributed by atoms with Gasteiger partial charge in [0.15, 0.2) is 5.82 Å². The number of hydrogen-bond donors (Lipinski definition) is 2. The van der Waals surface area contributed by atoms with Crippen LogP contribution in [0, 0.1) is 5.92 Å². The highest BCUT2D eigenvalue weighted by Crippen LogP contribution is 2.42. The summed E-state index contributed by atoms with van der Waals surface area (Å²) >= 11 is 0. The lowest BCUT2D eigenvalue weighted by atomic mass is 9.80. The SMILES string of the molecule is COC(=O)C1CC(n2ccc3nc(Nc4cnn(C5CCOCC5)c4)nc(NC4CCC(N5CCOCC5)CC4)c32)C1. The van der Waals surface area contributed by atoms with Crippen LogP contribution in [0.1, 0.15) is 63.5 Å². The van der Waals surface area contributed by atoms with Crippen LogP contribution in [-0.4, -0.2) is 93.9 Å². The van der Waals surface area contributed by atoms with Crippen molar-refractivity contribution in [2.45, 2.75) is 75.5 Å². The van der Waals surface area contributed by atoms with E-state index in [1.165, 1.54) is 20.0 Å². The summed E-state index contributed by atoms with van der Waals surface area (Å²) in [6.45, 7) is 5.31. The van der Waals surface area contributed by atoms with Gasteiger partial charge in [0.05, 0.1) is 49.7 Å². The minimum Gasteiger partial charge on any atom is -0.469 e. The highest BCUT2D eigenvalue weighted by molar-refractivity contribution is 5.88. The Hall–Kier alpha value is -3.22. The molecule has 226 valence electrons. The molecule has 5 heterocycles. The van der Waals surface area contributed by atoms with Crippen molar-refractivity contribution < 1.29 is 19.0 Å². The second-order valence-electron chi connectivity index (χ2n) is 12.2. The summed E-state index contributed by atoms with van der Waals surface area (Å²) in [6.07, 6.45) is 14.0. The van der Waals surface area contributed by atoms with Gasteiger partial charge in [-0.25, -0.2) is 4.98 Å². The summed E-state index contributed by atoms with van der Waals surface area (Å²) in [5.74, 6) is 1.23. The molecule has 4 fully saturated rings. The average molecular weight is 579 g/mol. The van der Waals surface area contributed by atoms with E-state index in [0.717, 1.165) is 101 Å². The van der Waals surface area contributed by atoms with Crippen molar-refractivity contribution in [1.29, 1.82) is 0 Å². The van der Waals surface area contributed by atoms with Crippen LogP contribution in [0.2, 0.25) is 0 Å². The molecule has 42 heavy (non-hydrogen) atoms. The molecule has 12 heteroatoms. The number of nitrogens with one attached hydrogen (secondary N) is 2. The molecule has 0 unspecified atom stereocenters. The van der Waals surface area contributed by atoms with Crippen molar-refractivity contribution in [3.05, 3.63) is 24.7 Å². The molecule has 3 aromatic heterocycles. The summed E-state index contributed by atoms with van der Waals surface area (Å²) in [6, 6.07) is 3.62. The zero-order valence-corrected chi connectivity index (χ0v) is 24.4. The number of fused-ring (bicyclic) bond motifs is 1. The first kappa shape index (κ1) is 27.6. The lowest BCUT2D eigenvalue weighted by Gasteiger charge is -2.39. The molecule has 7 rings (SSSR count). The van der Waals surface area contributed by atoms with E-state index in [1.807, 2.05) is 17.1 Å². The molecule has 0 spiro atoms. The highest BCUT2D eigenvalue weighted by atomic mass is 16.5. The van der Waals surface area contributed by atoms with Crippen LogP contribution in [0.25, 0.3) is 11.0 Å². The van der Waals surface area contributed by atoms with Gasteiger partial charge in [0.1, 0.15) is 5.52 Å². The second-order valence-corrected chi connectivity index (χ2v) is 12.2. The van der Waals surface area contributed by atoms with Crippen molar-refractivity contribution in [3.63, 3.8) is 0 Å². The van der Waals surface area contributed by atoms with Crippen molar-refractivity contribution in [2.24, 2.45) is 5.92 Å². The first-order valence-electron chi connectivity index (χ1n) is 15.6. The lowest BCUT2D eigenvalue weighted by Crippen LogP contribution is -2.46. The van der Waals surface area contributed by atoms with E-state index in [-0.39, 0.29) is 17.9 Å². The number of morpholine rings is 1. The maximum absolute atomic E-state index is 12.1. The summed E-state index contributed by atoms with van der Waals surface area (Å²) < 4.78 is 20.3. The number of anilines is 3. The molecule has 2 aliphatic heterocycles. The van der Waals surface area contributed by atoms with E-state index in [0.29, 0.717) is 24.1 Å². The Morgan fingerprint density at radius 2 is 1.71 bits per heavy atom. The number of aromatic nitrogens is 5. The molecule has 0 aromatic carbocycles. The first-order chi connectivity index (χ1) is 20.6.